The van der Waals surface area contributed by atoms with Crippen LogP contribution in [0.15, 0.2) is 18.2 Å². The summed E-state index contributed by atoms with van der Waals surface area (Å²) in [6, 6.07) is 3.73. The molecule has 0 saturated heterocycles. The number of likely N-dealkylation sites (N-methyl/N-ethyl adjacent to an activating group) is 2. The van der Waals surface area contributed by atoms with Gasteiger partial charge in [0.25, 0.3) is 0 Å². The second-order valence-corrected chi connectivity index (χ2v) is 3.96. The van der Waals surface area contributed by atoms with Crippen molar-refractivity contribution in [2.45, 2.75) is 0 Å². The number of carboxylic acid groups (broad SMARTS) is 1. The first-order valence-corrected chi connectivity index (χ1v) is 5.69. The summed E-state index contributed by atoms with van der Waals surface area (Å²) in [4.78, 5) is 24.0. The lowest BCUT2D eigenvalue weighted by Gasteiger charge is -2.18. The highest BCUT2D eigenvalue weighted by Crippen LogP contribution is 2.27. The first kappa shape index (κ1) is 14.8. The van der Waals surface area contributed by atoms with Crippen LogP contribution in [0.3, 0.4) is 0 Å². The van der Waals surface area contributed by atoms with Crippen molar-refractivity contribution in [1.82, 2.24) is 10.2 Å². The molecule has 2 amide bonds. The van der Waals surface area contributed by atoms with Crippen molar-refractivity contribution in [3.63, 3.8) is 0 Å². The van der Waals surface area contributed by atoms with Gasteiger partial charge in [-0.15, -0.1) is 0 Å². The molecule has 1 aromatic rings. The summed E-state index contributed by atoms with van der Waals surface area (Å²) in [6.07, 6.45) is 0. The highest BCUT2D eigenvalue weighted by Gasteiger charge is 2.15. The molecular weight excluding hydrogens is 250 g/mol. The summed E-state index contributed by atoms with van der Waals surface area (Å²) >= 11 is 0. The van der Waals surface area contributed by atoms with Crippen molar-refractivity contribution in [3.05, 3.63) is 23.8 Å². The number of hydrogen-bond donors (Lipinski definition) is 4. The zero-order valence-corrected chi connectivity index (χ0v) is 10.8. The van der Waals surface area contributed by atoms with Gasteiger partial charge in [0.1, 0.15) is 5.56 Å². The van der Waals surface area contributed by atoms with E-state index >= 15 is 0 Å². The smallest absolute Gasteiger partial charge is 0.339 e. The van der Waals surface area contributed by atoms with E-state index < -0.39 is 17.7 Å². The Bertz CT molecular complexity index is 476. The van der Waals surface area contributed by atoms with Gasteiger partial charge in [0.05, 0.1) is 5.69 Å². The van der Waals surface area contributed by atoms with Crippen LogP contribution in [0.1, 0.15) is 10.4 Å². The summed E-state index contributed by atoms with van der Waals surface area (Å²) in [7, 11) is 3.37. The lowest BCUT2D eigenvalue weighted by atomic mass is 10.1. The monoisotopic (exact) mass is 267 g/mol. The summed E-state index contributed by atoms with van der Waals surface area (Å²) in [5.74, 6) is -1.71. The van der Waals surface area contributed by atoms with Crippen LogP contribution >= 0.6 is 0 Å². The molecule has 0 aromatic heterocycles. The van der Waals surface area contributed by atoms with E-state index in [1.807, 2.05) is 0 Å². The van der Waals surface area contributed by atoms with E-state index in [1.165, 1.54) is 23.1 Å². The van der Waals surface area contributed by atoms with Crippen LogP contribution in [0, 0.1) is 0 Å². The Hall–Kier alpha value is -2.28. The molecular formula is C12H17N3O4. The van der Waals surface area contributed by atoms with E-state index in [2.05, 4.69) is 10.6 Å². The van der Waals surface area contributed by atoms with Gasteiger partial charge in [0.2, 0.25) is 0 Å². The summed E-state index contributed by atoms with van der Waals surface area (Å²) in [5, 5.41) is 24.0. The van der Waals surface area contributed by atoms with Crippen molar-refractivity contribution in [2.75, 3.05) is 32.5 Å². The highest BCUT2D eigenvalue weighted by atomic mass is 16.4. The summed E-state index contributed by atoms with van der Waals surface area (Å²) in [6.45, 7) is 1.12. The number of carbonyl (C=O) groups is 2. The molecule has 0 radical (unpaired) electrons. The molecule has 0 aliphatic carbocycles. The Morgan fingerprint density at radius 2 is 2.05 bits per heavy atom. The number of aromatic hydroxyl groups is 1. The van der Waals surface area contributed by atoms with Crippen LogP contribution in [0.5, 0.6) is 5.75 Å². The Morgan fingerprint density at radius 3 is 2.63 bits per heavy atom. The molecule has 0 aliphatic heterocycles. The van der Waals surface area contributed by atoms with E-state index in [0.717, 1.165) is 0 Å². The largest absolute Gasteiger partial charge is 0.505 e. The van der Waals surface area contributed by atoms with E-state index in [1.54, 1.807) is 14.1 Å². The minimum Gasteiger partial charge on any atom is -0.505 e. The van der Waals surface area contributed by atoms with Gasteiger partial charge in [0.15, 0.2) is 5.75 Å². The number of amides is 2. The van der Waals surface area contributed by atoms with Crippen LogP contribution in [0.25, 0.3) is 0 Å². The van der Waals surface area contributed by atoms with Crippen molar-refractivity contribution in [3.8, 4) is 5.75 Å². The second kappa shape index (κ2) is 6.60. The second-order valence-electron chi connectivity index (χ2n) is 3.96. The van der Waals surface area contributed by atoms with Crippen molar-refractivity contribution < 1.29 is 19.8 Å². The minimum absolute atomic E-state index is 0.0706. The number of urea groups is 1. The lowest BCUT2D eigenvalue weighted by molar-refractivity contribution is 0.0693. The number of carboxylic acids is 1. The third-order valence-electron chi connectivity index (χ3n) is 2.55. The molecule has 7 nitrogen and oxygen atoms in total. The third-order valence-corrected chi connectivity index (χ3v) is 2.55. The summed E-state index contributed by atoms with van der Waals surface area (Å²) in [5.41, 5.74) is -0.183. The number of carbonyl (C=O) groups excluding carboxylic acids is 1. The number of nitrogens with one attached hydrogen (secondary N) is 2. The van der Waals surface area contributed by atoms with Crippen LogP contribution < -0.4 is 10.6 Å². The van der Waals surface area contributed by atoms with Crippen LogP contribution in [-0.4, -0.2) is 54.3 Å². The van der Waals surface area contributed by atoms with E-state index in [9.17, 15) is 14.7 Å². The number of para-hydroxylation sites is 1. The highest BCUT2D eigenvalue weighted by molar-refractivity contribution is 5.97. The molecule has 104 valence electrons. The standard InChI is InChI=1S/C12H17N3O4/c1-13-6-7-15(2)12(19)14-9-5-3-4-8(10(9)16)11(17)18/h3-5,13,16H,6-7H2,1-2H3,(H,14,19)(H,17,18). The topological polar surface area (TPSA) is 102 Å². The maximum absolute atomic E-state index is 11.8. The van der Waals surface area contributed by atoms with Gasteiger partial charge >= 0.3 is 12.0 Å². The van der Waals surface area contributed by atoms with Crippen LogP contribution in [0.2, 0.25) is 0 Å². The predicted molar refractivity (Wildman–Crippen MR) is 70.6 cm³/mol. The van der Waals surface area contributed by atoms with Gasteiger partial charge < -0.3 is 25.7 Å². The average Bonchev–Trinajstić information content (AvgIpc) is 2.37. The number of rotatable bonds is 5. The van der Waals surface area contributed by atoms with Gasteiger partial charge in [-0.05, 0) is 19.2 Å². The molecule has 0 bridgehead atoms. The molecule has 7 heteroatoms. The van der Waals surface area contributed by atoms with Crippen molar-refractivity contribution in [2.24, 2.45) is 0 Å². The number of phenols is 1. The molecule has 19 heavy (non-hydrogen) atoms. The SMILES string of the molecule is CNCCN(C)C(=O)Nc1cccc(C(=O)O)c1O. The fourth-order valence-corrected chi connectivity index (χ4v) is 1.41. The first-order chi connectivity index (χ1) is 8.97. The minimum atomic E-state index is -1.25. The first-order valence-electron chi connectivity index (χ1n) is 5.69. The van der Waals surface area contributed by atoms with Gasteiger partial charge in [-0.25, -0.2) is 9.59 Å². The molecule has 0 spiro atoms. The number of hydrogen-bond acceptors (Lipinski definition) is 4. The molecule has 0 unspecified atom stereocenters. The quantitative estimate of drug-likeness (QED) is 0.590. The molecule has 0 aliphatic rings. The number of anilines is 1. The lowest BCUT2D eigenvalue weighted by Crippen LogP contribution is -2.35. The van der Waals surface area contributed by atoms with Gasteiger partial charge in [-0.2, -0.15) is 0 Å². The number of benzene rings is 1. The number of aromatic carboxylic acids is 1. The van der Waals surface area contributed by atoms with E-state index in [0.29, 0.717) is 13.1 Å². The maximum Gasteiger partial charge on any atom is 0.339 e. The Kier molecular flexibility index (Phi) is 5.13. The molecule has 0 atom stereocenters. The molecule has 1 aromatic carbocycles. The van der Waals surface area contributed by atoms with Gasteiger partial charge in [-0.3, -0.25) is 0 Å². The molecule has 0 saturated carbocycles. The zero-order chi connectivity index (χ0) is 14.4. The van der Waals surface area contributed by atoms with Crippen LogP contribution in [0.4, 0.5) is 10.5 Å². The zero-order valence-electron chi connectivity index (χ0n) is 10.8. The Labute approximate surface area is 110 Å². The normalized spacial score (nSPS) is 10.0. The fraction of sp³-hybridized carbons (Fsp3) is 0.333. The molecule has 4 N–H and O–H groups in total. The predicted octanol–water partition coefficient (Wildman–Crippen LogP) is 0.773. The number of nitrogens with zero attached hydrogens (tertiary/aromatic N) is 1. The van der Waals surface area contributed by atoms with E-state index in [-0.39, 0.29) is 11.3 Å². The fourth-order valence-electron chi connectivity index (χ4n) is 1.41. The van der Waals surface area contributed by atoms with Gasteiger partial charge in [0, 0.05) is 20.1 Å². The Balaban J connectivity index is 2.80. The van der Waals surface area contributed by atoms with Crippen molar-refractivity contribution in [1.29, 1.82) is 0 Å². The van der Waals surface area contributed by atoms with E-state index in [4.69, 9.17) is 5.11 Å². The molecule has 1 rings (SSSR count). The van der Waals surface area contributed by atoms with Gasteiger partial charge in [-0.1, -0.05) is 6.07 Å². The van der Waals surface area contributed by atoms with Crippen LogP contribution in [-0.2, 0) is 0 Å². The molecule has 0 heterocycles. The Morgan fingerprint density at radius 1 is 1.37 bits per heavy atom. The third kappa shape index (κ3) is 3.85. The average molecular weight is 267 g/mol. The maximum atomic E-state index is 11.8. The van der Waals surface area contributed by atoms with Crippen molar-refractivity contribution >= 4 is 17.7 Å². The summed E-state index contributed by atoms with van der Waals surface area (Å²) < 4.78 is 0. The molecule has 0 fully saturated rings.